The first-order valence-corrected chi connectivity index (χ1v) is 5.73. The van der Waals surface area contributed by atoms with E-state index in [0.29, 0.717) is 6.54 Å². The maximum atomic E-state index is 5.81. The number of para-hydroxylation sites is 1. The predicted molar refractivity (Wildman–Crippen MR) is 70.8 cm³/mol. The number of hydrogen-bond acceptors (Lipinski definition) is 3. The van der Waals surface area contributed by atoms with E-state index in [0.717, 1.165) is 11.3 Å². The molecular formula is C14H17N3. The molecule has 0 saturated carbocycles. The summed E-state index contributed by atoms with van der Waals surface area (Å²) in [5, 5.41) is 3.45. The molecule has 1 unspecified atom stereocenters. The van der Waals surface area contributed by atoms with Crippen molar-refractivity contribution in [2.75, 3.05) is 11.9 Å². The molecule has 1 aromatic heterocycles. The Morgan fingerprint density at radius 2 is 2.06 bits per heavy atom. The number of anilines is 1. The molecule has 0 amide bonds. The molecule has 0 aliphatic rings. The van der Waals surface area contributed by atoms with Crippen LogP contribution in [0.4, 0.5) is 5.69 Å². The average molecular weight is 227 g/mol. The summed E-state index contributed by atoms with van der Waals surface area (Å²) in [4.78, 5) is 4.12. The van der Waals surface area contributed by atoms with Crippen LogP contribution in [0.1, 0.15) is 17.2 Å². The molecule has 1 aromatic carbocycles. The zero-order valence-electron chi connectivity index (χ0n) is 9.93. The fourth-order valence-electron chi connectivity index (χ4n) is 1.78. The van der Waals surface area contributed by atoms with Crippen LogP contribution in [0, 0.1) is 6.92 Å². The second kappa shape index (κ2) is 5.46. The third-order valence-electron chi connectivity index (χ3n) is 2.80. The summed E-state index contributed by atoms with van der Waals surface area (Å²) in [7, 11) is 0. The Morgan fingerprint density at radius 1 is 1.24 bits per heavy atom. The summed E-state index contributed by atoms with van der Waals surface area (Å²) >= 11 is 0. The number of aromatic nitrogens is 1. The summed E-state index contributed by atoms with van der Waals surface area (Å²) in [6.07, 6.45) is 3.62. The molecule has 1 heterocycles. The summed E-state index contributed by atoms with van der Waals surface area (Å²) < 4.78 is 0. The molecule has 0 aliphatic heterocycles. The van der Waals surface area contributed by atoms with Gasteiger partial charge in [-0.2, -0.15) is 0 Å². The molecule has 2 aromatic rings. The fourth-order valence-corrected chi connectivity index (χ4v) is 1.78. The van der Waals surface area contributed by atoms with Crippen molar-refractivity contribution >= 4 is 5.69 Å². The molecule has 0 saturated heterocycles. The lowest BCUT2D eigenvalue weighted by molar-refractivity contribution is 0.784. The van der Waals surface area contributed by atoms with Crippen molar-refractivity contribution in [1.29, 1.82) is 0 Å². The van der Waals surface area contributed by atoms with Gasteiger partial charge in [0.15, 0.2) is 0 Å². The highest BCUT2D eigenvalue weighted by atomic mass is 14.9. The van der Waals surface area contributed by atoms with Crippen molar-refractivity contribution in [2.24, 2.45) is 5.73 Å². The summed E-state index contributed by atoms with van der Waals surface area (Å²) in [5.74, 6) is 0. The maximum Gasteiger partial charge on any atom is 0.0651 e. The Kier molecular flexibility index (Phi) is 3.73. The molecule has 17 heavy (non-hydrogen) atoms. The van der Waals surface area contributed by atoms with Gasteiger partial charge in [0, 0.05) is 24.6 Å². The maximum absolute atomic E-state index is 5.81. The molecule has 0 fully saturated rings. The molecule has 0 spiro atoms. The van der Waals surface area contributed by atoms with Crippen molar-refractivity contribution in [1.82, 2.24) is 4.98 Å². The first kappa shape index (κ1) is 11.6. The van der Waals surface area contributed by atoms with Crippen LogP contribution >= 0.6 is 0 Å². The van der Waals surface area contributed by atoms with Gasteiger partial charge in [0.25, 0.3) is 0 Å². The first-order chi connectivity index (χ1) is 8.31. The molecule has 3 nitrogen and oxygen atoms in total. The van der Waals surface area contributed by atoms with E-state index in [9.17, 15) is 0 Å². The Labute approximate surface area is 102 Å². The third kappa shape index (κ3) is 2.82. The van der Waals surface area contributed by atoms with Crippen LogP contribution in [-0.4, -0.2) is 11.5 Å². The van der Waals surface area contributed by atoms with E-state index < -0.39 is 0 Å². The Morgan fingerprint density at radius 3 is 2.71 bits per heavy atom. The average Bonchev–Trinajstić information content (AvgIpc) is 2.39. The minimum absolute atomic E-state index is 0.102. The number of nitrogens with zero attached hydrogens (tertiary/aromatic N) is 1. The van der Waals surface area contributed by atoms with Gasteiger partial charge in [-0.1, -0.05) is 24.3 Å². The minimum Gasteiger partial charge on any atom is -0.377 e. The lowest BCUT2D eigenvalue weighted by atomic mass is 10.1. The van der Waals surface area contributed by atoms with Gasteiger partial charge in [0.05, 0.1) is 6.04 Å². The summed E-state index contributed by atoms with van der Waals surface area (Å²) in [5.41, 5.74) is 9.26. The van der Waals surface area contributed by atoms with Crippen molar-refractivity contribution in [3.05, 3.63) is 59.9 Å². The van der Waals surface area contributed by atoms with Gasteiger partial charge in [-0.05, 0) is 30.2 Å². The van der Waals surface area contributed by atoms with Crippen LogP contribution in [0.15, 0.2) is 48.8 Å². The molecule has 88 valence electrons. The Balaban J connectivity index is 2.19. The zero-order valence-corrected chi connectivity index (χ0v) is 9.93. The normalized spacial score (nSPS) is 12.1. The van der Waals surface area contributed by atoms with Crippen LogP contribution in [0.5, 0.6) is 0 Å². The molecule has 0 radical (unpaired) electrons. The van der Waals surface area contributed by atoms with Gasteiger partial charge in [-0.15, -0.1) is 0 Å². The fraction of sp³-hybridized carbons (Fsp3) is 0.214. The second-order valence-corrected chi connectivity index (χ2v) is 4.03. The lowest BCUT2D eigenvalue weighted by Crippen LogP contribution is -2.21. The van der Waals surface area contributed by atoms with Gasteiger partial charge in [-0.25, -0.2) is 0 Å². The number of nitrogens with two attached hydrogens (primary N) is 1. The number of pyridine rings is 1. The van der Waals surface area contributed by atoms with E-state index in [1.165, 1.54) is 5.56 Å². The summed E-state index contributed by atoms with van der Waals surface area (Å²) in [6, 6.07) is 12.3. The number of hydrogen-bond donors (Lipinski definition) is 2. The second-order valence-electron chi connectivity index (χ2n) is 4.03. The van der Waals surface area contributed by atoms with Gasteiger partial charge < -0.3 is 11.1 Å². The van der Waals surface area contributed by atoms with Crippen molar-refractivity contribution in [2.45, 2.75) is 13.0 Å². The van der Waals surface area contributed by atoms with Crippen molar-refractivity contribution < 1.29 is 0 Å². The van der Waals surface area contributed by atoms with Crippen LogP contribution < -0.4 is 11.1 Å². The van der Waals surface area contributed by atoms with Gasteiger partial charge in [0.2, 0.25) is 0 Å². The Bertz CT molecular complexity index is 468. The molecule has 0 bridgehead atoms. The van der Waals surface area contributed by atoms with Gasteiger partial charge in [-0.3, -0.25) is 4.98 Å². The molecule has 3 heteroatoms. The highest BCUT2D eigenvalue weighted by Crippen LogP contribution is 2.20. The topological polar surface area (TPSA) is 50.9 Å². The van der Waals surface area contributed by atoms with Crippen LogP contribution in [0.25, 0.3) is 0 Å². The van der Waals surface area contributed by atoms with E-state index in [1.807, 2.05) is 30.5 Å². The molecule has 0 aliphatic carbocycles. The Hall–Kier alpha value is -1.87. The van der Waals surface area contributed by atoms with E-state index in [4.69, 9.17) is 5.73 Å². The largest absolute Gasteiger partial charge is 0.377 e. The quantitative estimate of drug-likeness (QED) is 0.843. The van der Waals surface area contributed by atoms with Gasteiger partial charge in [0.1, 0.15) is 0 Å². The molecule has 1 atom stereocenters. The lowest BCUT2D eigenvalue weighted by Gasteiger charge is -2.19. The smallest absolute Gasteiger partial charge is 0.0651 e. The highest BCUT2D eigenvalue weighted by Gasteiger charge is 2.09. The number of nitrogens with one attached hydrogen (secondary N) is 1. The molecule has 2 rings (SSSR count). The monoisotopic (exact) mass is 227 g/mol. The SMILES string of the molecule is Cc1ccccc1NC(CN)c1cccnc1. The number of aryl methyl sites for hydroxylation is 1. The van der Waals surface area contributed by atoms with E-state index in [1.54, 1.807) is 6.20 Å². The number of rotatable bonds is 4. The van der Waals surface area contributed by atoms with Crippen LogP contribution in [-0.2, 0) is 0 Å². The summed E-state index contributed by atoms with van der Waals surface area (Å²) in [6.45, 7) is 2.62. The standard InChI is InChI=1S/C14H17N3/c1-11-5-2-3-7-13(11)17-14(9-15)12-6-4-8-16-10-12/h2-8,10,14,17H,9,15H2,1H3. The van der Waals surface area contributed by atoms with E-state index in [2.05, 4.69) is 29.4 Å². The predicted octanol–water partition coefficient (Wildman–Crippen LogP) is 2.50. The van der Waals surface area contributed by atoms with Crippen LogP contribution in [0.3, 0.4) is 0 Å². The zero-order chi connectivity index (χ0) is 12.1. The highest BCUT2D eigenvalue weighted by molar-refractivity contribution is 5.51. The third-order valence-corrected chi connectivity index (χ3v) is 2.80. The van der Waals surface area contributed by atoms with Crippen molar-refractivity contribution in [3.8, 4) is 0 Å². The number of benzene rings is 1. The first-order valence-electron chi connectivity index (χ1n) is 5.73. The van der Waals surface area contributed by atoms with E-state index >= 15 is 0 Å². The van der Waals surface area contributed by atoms with Crippen molar-refractivity contribution in [3.63, 3.8) is 0 Å². The van der Waals surface area contributed by atoms with Crippen LogP contribution in [0.2, 0.25) is 0 Å². The molecule has 3 N–H and O–H groups in total. The molecular weight excluding hydrogens is 210 g/mol. The van der Waals surface area contributed by atoms with E-state index in [-0.39, 0.29) is 6.04 Å². The van der Waals surface area contributed by atoms with Gasteiger partial charge >= 0.3 is 0 Å². The minimum atomic E-state index is 0.102.